The number of amides is 3. The first kappa shape index (κ1) is 20.9. The van der Waals surface area contributed by atoms with Gasteiger partial charge in [0.05, 0.1) is 16.5 Å². The van der Waals surface area contributed by atoms with Gasteiger partial charge in [0.15, 0.2) is 0 Å². The number of hydrogen-bond acceptors (Lipinski definition) is 4. The Kier molecular flexibility index (Phi) is 6.84. The van der Waals surface area contributed by atoms with E-state index in [1.807, 2.05) is 65.6 Å². The largest absolute Gasteiger partial charge is 0.493 e. The van der Waals surface area contributed by atoms with Crippen molar-refractivity contribution < 1.29 is 14.3 Å². The summed E-state index contributed by atoms with van der Waals surface area (Å²) in [5.41, 5.74) is 0.713. The van der Waals surface area contributed by atoms with Gasteiger partial charge in [-0.15, -0.1) is 11.3 Å². The van der Waals surface area contributed by atoms with Crippen molar-refractivity contribution in [3.63, 3.8) is 0 Å². The molecule has 0 aliphatic carbocycles. The fraction of sp³-hybridized carbons (Fsp3) is 0.250. The molecular formula is C24H25N3O3S. The highest BCUT2D eigenvalue weighted by Gasteiger charge is 2.26. The molecule has 31 heavy (non-hydrogen) atoms. The van der Waals surface area contributed by atoms with Crippen LogP contribution in [0.15, 0.2) is 72.8 Å². The highest BCUT2D eigenvalue weighted by molar-refractivity contribution is 7.18. The number of hydrogen-bond donors (Lipinski definition) is 2. The van der Waals surface area contributed by atoms with Crippen LogP contribution < -0.4 is 15.4 Å². The number of likely N-dealkylation sites (tertiary alicyclic amines) is 1. The minimum Gasteiger partial charge on any atom is -0.493 e. The van der Waals surface area contributed by atoms with E-state index in [4.69, 9.17) is 4.74 Å². The Hall–Kier alpha value is -3.32. The Bertz CT molecular complexity index is 1010. The van der Waals surface area contributed by atoms with Crippen molar-refractivity contribution in [2.24, 2.45) is 5.92 Å². The number of urea groups is 1. The summed E-state index contributed by atoms with van der Waals surface area (Å²) in [4.78, 5) is 27.7. The highest BCUT2D eigenvalue weighted by Crippen LogP contribution is 2.26. The summed E-state index contributed by atoms with van der Waals surface area (Å²) in [6, 6.07) is 22.2. The van der Waals surface area contributed by atoms with Crippen LogP contribution in [0, 0.1) is 5.92 Å². The molecule has 6 nitrogen and oxygen atoms in total. The lowest BCUT2D eigenvalue weighted by atomic mass is 9.99. The third-order valence-corrected chi connectivity index (χ3v) is 6.11. The lowest BCUT2D eigenvalue weighted by Gasteiger charge is -2.32. The maximum absolute atomic E-state index is 13.0. The second kappa shape index (κ2) is 10.1. The van der Waals surface area contributed by atoms with Crippen molar-refractivity contribution in [2.45, 2.75) is 12.8 Å². The molecule has 0 bridgehead atoms. The minimum atomic E-state index is -0.330. The average Bonchev–Trinajstić information content (AvgIpc) is 3.27. The van der Waals surface area contributed by atoms with Gasteiger partial charge in [0, 0.05) is 24.7 Å². The van der Waals surface area contributed by atoms with Crippen molar-refractivity contribution in [2.75, 3.05) is 30.3 Å². The third-order valence-electron chi connectivity index (χ3n) is 5.12. The fourth-order valence-corrected chi connectivity index (χ4v) is 4.46. The molecule has 1 aliphatic rings. The van der Waals surface area contributed by atoms with Crippen LogP contribution in [0.4, 0.5) is 15.5 Å². The standard InChI is InChI=1S/C24H25N3O3S/c28-23(27-15-7-8-18(16-27)17-30-20-11-5-2-6-12-20)21-13-14-22(31-21)26-24(29)25-19-9-3-1-4-10-19/h1-6,9-14,18H,7-8,15-17H2,(H2,25,26,29). The molecule has 1 aliphatic heterocycles. The van der Waals surface area contributed by atoms with Gasteiger partial charge in [-0.2, -0.15) is 0 Å². The van der Waals surface area contributed by atoms with Crippen LogP contribution in [-0.2, 0) is 0 Å². The molecule has 7 heteroatoms. The number of carbonyl (C=O) groups is 2. The van der Waals surface area contributed by atoms with Gasteiger partial charge in [-0.25, -0.2) is 4.79 Å². The summed E-state index contributed by atoms with van der Waals surface area (Å²) in [7, 11) is 0. The SMILES string of the molecule is O=C(Nc1ccccc1)Nc1ccc(C(=O)N2CCCC(COc3ccccc3)C2)s1. The second-order valence-corrected chi connectivity index (χ2v) is 8.58. The van der Waals surface area contributed by atoms with Gasteiger partial charge in [0.2, 0.25) is 0 Å². The molecule has 0 radical (unpaired) electrons. The van der Waals surface area contributed by atoms with Crippen LogP contribution in [-0.4, -0.2) is 36.5 Å². The zero-order chi connectivity index (χ0) is 21.5. The maximum atomic E-state index is 13.0. The summed E-state index contributed by atoms with van der Waals surface area (Å²) in [5, 5.41) is 6.20. The van der Waals surface area contributed by atoms with Crippen molar-refractivity contribution in [3.8, 4) is 5.75 Å². The molecule has 0 saturated carbocycles. The topological polar surface area (TPSA) is 70.7 Å². The van der Waals surface area contributed by atoms with Crippen LogP contribution in [0.25, 0.3) is 0 Å². The third kappa shape index (κ3) is 5.86. The Labute approximate surface area is 185 Å². The molecule has 1 fully saturated rings. The smallest absolute Gasteiger partial charge is 0.324 e. The Balaban J connectivity index is 1.29. The van der Waals surface area contributed by atoms with Crippen molar-refractivity contribution in [1.82, 2.24) is 4.90 Å². The number of thiophene rings is 1. The number of anilines is 2. The normalized spacial score (nSPS) is 15.9. The molecule has 3 amide bonds. The van der Waals surface area contributed by atoms with Crippen LogP contribution >= 0.6 is 11.3 Å². The molecule has 4 rings (SSSR count). The van der Waals surface area contributed by atoms with Gasteiger partial charge in [0.1, 0.15) is 5.75 Å². The average molecular weight is 436 g/mol. The summed E-state index contributed by atoms with van der Waals surface area (Å²) in [6.45, 7) is 2.03. The van der Waals surface area contributed by atoms with Crippen LogP contribution in [0.3, 0.4) is 0 Å². The molecule has 1 unspecified atom stereocenters. The number of para-hydroxylation sites is 2. The molecule has 1 aromatic heterocycles. The predicted molar refractivity (Wildman–Crippen MR) is 124 cm³/mol. The molecule has 2 N–H and O–H groups in total. The van der Waals surface area contributed by atoms with E-state index in [0.717, 1.165) is 25.1 Å². The zero-order valence-electron chi connectivity index (χ0n) is 17.1. The summed E-state index contributed by atoms with van der Waals surface area (Å²) < 4.78 is 5.89. The zero-order valence-corrected chi connectivity index (χ0v) is 17.9. The van der Waals surface area contributed by atoms with E-state index in [9.17, 15) is 9.59 Å². The quantitative estimate of drug-likeness (QED) is 0.550. The van der Waals surface area contributed by atoms with E-state index in [0.29, 0.717) is 34.6 Å². The first-order valence-electron chi connectivity index (χ1n) is 10.4. The number of piperidine rings is 1. The van der Waals surface area contributed by atoms with Crippen LogP contribution in [0.1, 0.15) is 22.5 Å². The molecule has 3 aromatic rings. The lowest BCUT2D eigenvalue weighted by Crippen LogP contribution is -2.41. The van der Waals surface area contributed by atoms with Crippen molar-refractivity contribution in [1.29, 1.82) is 0 Å². The van der Waals surface area contributed by atoms with Gasteiger partial charge in [-0.1, -0.05) is 36.4 Å². The van der Waals surface area contributed by atoms with Crippen LogP contribution in [0.5, 0.6) is 5.75 Å². The van der Waals surface area contributed by atoms with Crippen molar-refractivity contribution in [3.05, 3.63) is 77.7 Å². The number of rotatable bonds is 6. The molecule has 160 valence electrons. The highest BCUT2D eigenvalue weighted by atomic mass is 32.1. The maximum Gasteiger partial charge on any atom is 0.324 e. The van der Waals surface area contributed by atoms with E-state index in [1.165, 1.54) is 11.3 Å². The molecule has 2 heterocycles. The van der Waals surface area contributed by atoms with Gasteiger partial charge in [-0.3, -0.25) is 10.1 Å². The van der Waals surface area contributed by atoms with E-state index in [1.54, 1.807) is 12.1 Å². The number of carbonyl (C=O) groups excluding carboxylic acids is 2. The predicted octanol–water partition coefficient (Wildman–Crippen LogP) is 5.32. The molecule has 1 atom stereocenters. The van der Waals surface area contributed by atoms with E-state index >= 15 is 0 Å². The Morgan fingerprint density at radius 1 is 0.968 bits per heavy atom. The Morgan fingerprint density at radius 3 is 2.48 bits per heavy atom. The fourth-order valence-electron chi connectivity index (χ4n) is 3.59. The second-order valence-electron chi connectivity index (χ2n) is 7.49. The van der Waals surface area contributed by atoms with E-state index < -0.39 is 0 Å². The monoisotopic (exact) mass is 435 g/mol. The summed E-state index contributed by atoms with van der Waals surface area (Å²) in [6.07, 6.45) is 2.01. The minimum absolute atomic E-state index is 0.00549. The molecule has 0 spiro atoms. The van der Waals surface area contributed by atoms with Crippen LogP contribution in [0.2, 0.25) is 0 Å². The lowest BCUT2D eigenvalue weighted by molar-refractivity contribution is 0.0638. The molecular weight excluding hydrogens is 410 g/mol. The number of nitrogens with one attached hydrogen (secondary N) is 2. The number of ether oxygens (including phenoxy) is 1. The first-order chi connectivity index (χ1) is 15.2. The molecule has 2 aromatic carbocycles. The van der Waals surface area contributed by atoms with Gasteiger partial charge in [0.25, 0.3) is 5.91 Å². The van der Waals surface area contributed by atoms with Gasteiger partial charge in [-0.05, 0) is 49.2 Å². The number of nitrogens with zero attached hydrogens (tertiary/aromatic N) is 1. The Morgan fingerprint density at radius 2 is 1.71 bits per heavy atom. The van der Waals surface area contributed by atoms with E-state index in [-0.39, 0.29) is 11.9 Å². The van der Waals surface area contributed by atoms with Gasteiger partial charge >= 0.3 is 6.03 Å². The van der Waals surface area contributed by atoms with Crippen molar-refractivity contribution >= 4 is 34.0 Å². The summed E-state index contributed by atoms with van der Waals surface area (Å²) in [5.74, 6) is 1.17. The molecule has 1 saturated heterocycles. The van der Waals surface area contributed by atoms with E-state index in [2.05, 4.69) is 10.6 Å². The number of benzene rings is 2. The summed E-state index contributed by atoms with van der Waals surface area (Å²) >= 11 is 1.29. The first-order valence-corrected chi connectivity index (χ1v) is 11.2. The van der Waals surface area contributed by atoms with Gasteiger partial charge < -0.3 is 15.0 Å².